The zero-order valence-corrected chi connectivity index (χ0v) is 15.8. The van der Waals surface area contributed by atoms with Crippen molar-refractivity contribution >= 4 is 21.6 Å². The minimum atomic E-state index is -3.73. The summed E-state index contributed by atoms with van der Waals surface area (Å²) in [6.07, 6.45) is 2.60. The Morgan fingerprint density at radius 3 is 2.67 bits per heavy atom. The molecule has 0 spiro atoms. The second-order valence-electron chi connectivity index (χ2n) is 6.11. The predicted molar refractivity (Wildman–Crippen MR) is 102 cm³/mol. The number of benzene rings is 2. The first kappa shape index (κ1) is 19.1. The van der Waals surface area contributed by atoms with Gasteiger partial charge in [-0.05, 0) is 55.2 Å². The molecule has 0 heterocycles. The number of nitrogens with one attached hydrogen (secondary N) is 2. The number of sulfonamides is 1. The van der Waals surface area contributed by atoms with Crippen LogP contribution in [0.2, 0.25) is 0 Å². The number of fused-ring (bicyclic) bond motifs is 1. The number of methoxy groups -OCH3 is 1. The van der Waals surface area contributed by atoms with E-state index in [0.29, 0.717) is 0 Å². The van der Waals surface area contributed by atoms with Crippen molar-refractivity contribution in [2.24, 2.45) is 5.10 Å². The van der Waals surface area contributed by atoms with Crippen LogP contribution in [-0.4, -0.2) is 33.7 Å². The molecule has 0 aliphatic heterocycles. The number of aryl methyl sites for hydroxylation is 1. The summed E-state index contributed by atoms with van der Waals surface area (Å²) in [5.41, 5.74) is 5.32. The van der Waals surface area contributed by atoms with Crippen molar-refractivity contribution in [3.63, 3.8) is 0 Å². The van der Waals surface area contributed by atoms with Crippen molar-refractivity contribution in [2.75, 3.05) is 13.7 Å². The van der Waals surface area contributed by atoms with E-state index in [0.717, 1.165) is 41.9 Å². The number of rotatable bonds is 6. The Morgan fingerprint density at radius 2 is 1.93 bits per heavy atom. The van der Waals surface area contributed by atoms with Gasteiger partial charge in [0, 0.05) is 5.56 Å². The first-order chi connectivity index (χ1) is 13.0. The molecule has 2 aromatic rings. The zero-order valence-electron chi connectivity index (χ0n) is 14.9. The molecule has 1 aliphatic carbocycles. The molecule has 0 saturated heterocycles. The van der Waals surface area contributed by atoms with Gasteiger partial charge >= 0.3 is 0 Å². The van der Waals surface area contributed by atoms with E-state index in [1.165, 1.54) is 12.1 Å². The van der Waals surface area contributed by atoms with Crippen molar-refractivity contribution in [1.29, 1.82) is 0 Å². The molecule has 27 heavy (non-hydrogen) atoms. The molecule has 2 aromatic carbocycles. The number of nitrogens with zero attached hydrogens (tertiary/aromatic N) is 1. The molecular weight excluding hydrogens is 366 g/mol. The van der Waals surface area contributed by atoms with Crippen LogP contribution in [0.25, 0.3) is 0 Å². The minimum Gasteiger partial charge on any atom is -0.497 e. The molecule has 3 rings (SSSR count). The smallest absolute Gasteiger partial charge is 0.255 e. The Balaban J connectivity index is 1.63. The summed E-state index contributed by atoms with van der Waals surface area (Å²) >= 11 is 0. The molecule has 0 unspecified atom stereocenters. The van der Waals surface area contributed by atoms with Gasteiger partial charge < -0.3 is 4.74 Å². The maximum Gasteiger partial charge on any atom is 0.255 e. The van der Waals surface area contributed by atoms with Crippen LogP contribution < -0.4 is 14.9 Å². The molecule has 0 saturated carbocycles. The second kappa shape index (κ2) is 8.32. The largest absolute Gasteiger partial charge is 0.497 e. The summed E-state index contributed by atoms with van der Waals surface area (Å²) in [7, 11) is -2.11. The maximum absolute atomic E-state index is 12.1. The summed E-state index contributed by atoms with van der Waals surface area (Å²) in [5, 5.41) is 4.19. The highest BCUT2D eigenvalue weighted by Crippen LogP contribution is 2.25. The highest BCUT2D eigenvalue weighted by Gasteiger charge is 2.18. The molecular formula is C19H21N3O4S. The molecule has 8 heteroatoms. The Bertz CT molecular complexity index is 956. The molecule has 7 nitrogen and oxygen atoms in total. The average Bonchev–Trinajstić information content (AvgIpc) is 2.71. The summed E-state index contributed by atoms with van der Waals surface area (Å²) < 4.78 is 31.8. The van der Waals surface area contributed by atoms with Crippen LogP contribution in [-0.2, 0) is 21.2 Å². The van der Waals surface area contributed by atoms with Crippen molar-refractivity contribution < 1.29 is 17.9 Å². The van der Waals surface area contributed by atoms with Gasteiger partial charge in [-0.25, -0.2) is 18.6 Å². The average molecular weight is 387 g/mol. The van der Waals surface area contributed by atoms with Crippen LogP contribution in [0, 0.1) is 0 Å². The van der Waals surface area contributed by atoms with E-state index in [4.69, 9.17) is 4.74 Å². The lowest BCUT2D eigenvalue weighted by Crippen LogP contribution is -2.35. The van der Waals surface area contributed by atoms with Crippen LogP contribution in [0.4, 0.5) is 0 Å². The Morgan fingerprint density at radius 1 is 1.15 bits per heavy atom. The monoisotopic (exact) mass is 387 g/mol. The molecule has 0 fully saturated rings. The minimum absolute atomic E-state index is 0.110. The number of amides is 1. The molecule has 0 atom stereocenters. The summed E-state index contributed by atoms with van der Waals surface area (Å²) in [6.45, 7) is -0.385. The van der Waals surface area contributed by atoms with Crippen LogP contribution >= 0.6 is 0 Å². The van der Waals surface area contributed by atoms with Gasteiger partial charge in [-0.2, -0.15) is 5.10 Å². The lowest BCUT2D eigenvalue weighted by molar-refractivity contribution is -0.119. The molecule has 1 amide bonds. The Hall–Kier alpha value is -2.71. The van der Waals surface area contributed by atoms with Gasteiger partial charge in [-0.15, -0.1) is 0 Å². The maximum atomic E-state index is 12.1. The fourth-order valence-corrected chi connectivity index (χ4v) is 3.90. The molecule has 0 bridgehead atoms. The van der Waals surface area contributed by atoms with E-state index in [2.05, 4.69) is 15.2 Å². The van der Waals surface area contributed by atoms with E-state index in [1.54, 1.807) is 25.3 Å². The van der Waals surface area contributed by atoms with Crippen LogP contribution in [0.1, 0.15) is 24.0 Å². The number of carbonyl (C=O) groups is 1. The third kappa shape index (κ3) is 4.72. The normalized spacial score (nSPS) is 15.2. The molecule has 142 valence electrons. The van der Waals surface area contributed by atoms with Gasteiger partial charge in [0.15, 0.2) is 0 Å². The molecule has 0 radical (unpaired) electrons. The van der Waals surface area contributed by atoms with Crippen LogP contribution in [0.15, 0.2) is 58.5 Å². The quantitative estimate of drug-likeness (QED) is 0.739. The van der Waals surface area contributed by atoms with E-state index in [1.807, 2.05) is 18.2 Å². The third-order valence-electron chi connectivity index (χ3n) is 4.27. The van der Waals surface area contributed by atoms with E-state index in [-0.39, 0.29) is 11.4 Å². The Labute approximate surface area is 158 Å². The van der Waals surface area contributed by atoms with Crippen molar-refractivity contribution in [3.8, 4) is 5.75 Å². The van der Waals surface area contributed by atoms with Gasteiger partial charge in [0.2, 0.25) is 10.0 Å². The number of hydrogen-bond acceptors (Lipinski definition) is 5. The van der Waals surface area contributed by atoms with Gasteiger partial charge in [0.05, 0.1) is 24.3 Å². The fraction of sp³-hybridized carbons (Fsp3) is 0.263. The first-order valence-electron chi connectivity index (χ1n) is 8.57. The number of ether oxygens (including phenoxy) is 1. The third-order valence-corrected chi connectivity index (χ3v) is 5.69. The Kier molecular flexibility index (Phi) is 5.88. The first-order valence-corrected chi connectivity index (χ1v) is 10.1. The van der Waals surface area contributed by atoms with Crippen LogP contribution in [0.3, 0.4) is 0 Å². The SMILES string of the molecule is COc1ccc2c(c1)CCCC2=NNC(=O)CNS(=O)(=O)c1ccccc1. The van der Waals surface area contributed by atoms with E-state index < -0.39 is 15.9 Å². The van der Waals surface area contributed by atoms with E-state index in [9.17, 15) is 13.2 Å². The standard InChI is InChI=1S/C19H21N3O4S/c1-26-15-10-11-17-14(12-15)6-5-9-18(17)21-22-19(23)13-20-27(24,25)16-7-3-2-4-8-16/h2-4,7-8,10-12,20H,5-6,9,13H2,1H3,(H,22,23). The number of hydrazone groups is 1. The van der Waals surface area contributed by atoms with Crippen LogP contribution in [0.5, 0.6) is 5.75 Å². The highest BCUT2D eigenvalue weighted by molar-refractivity contribution is 7.89. The van der Waals surface area contributed by atoms with E-state index >= 15 is 0 Å². The van der Waals surface area contributed by atoms with Crippen molar-refractivity contribution in [3.05, 3.63) is 59.7 Å². The van der Waals surface area contributed by atoms with Crippen molar-refractivity contribution in [2.45, 2.75) is 24.2 Å². The number of hydrogen-bond donors (Lipinski definition) is 2. The molecule has 1 aliphatic rings. The fourth-order valence-electron chi connectivity index (χ4n) is 2.90. The molecule has 0 aromatic heterocycles. The van der Waals surface area contributed by atoms with Gasteiger partial charge in [0.1, 0.15) is 5.75 Å². The molecule has 2 N–H and O–H groups in total. The predicted octanol–water partition coefficient (Wildman–Crippen LogP) is 1.83. The zero-order chi connectivity index (χ0) is 19.3. The summed E-state index contributed by atoms with van der Waals surface area (Å²) in [4.78, 5) is 12.1. The lowest BCUT2D eigenvalue weighted by Gasteiger charge is -2.18. The summed E-state index contributed by atoms with van der Waals surface area (Å²) in [6, 6.07) is 13.7. The van der Waals surface area contributed by atoms with Gasteiger partial charge in [-0.1, -0.05) is 18.2 Å². The topological polar surface area (TPSA) is 96.9 Å². The van der Waals surface area contributed by atoms with Gasteiger partial charge in [-0.3, -0.25) is 4.79 Å². The van der Waals surface area contributed by atoms with Crippen molar-refractivity contribution in [1.82, 2.24) is 10.1 Å². The van der Waals surface area contributed by atoms with Gasteiger partial charge in [0.25, 0.3) is 5.91 Å². The lowest BCUT2D eigenvalue weighted by atomic mass is 9.90. The second-order valence-corrected chi connectivity index (χ2v) is 7.87. The highest BCUT2D eigenvalue weighted by atomic mass is 32.2. The summed E-state index contributed by atoms with van der Waals surface area (Å²) in [5.74, 6) is 0.261. The number of carbonyl (C=O) groups excluding carboxylic acids is 1.